The molecular formula is C22H25ClN2O4S. The van der Waals surface area contributed by atoms with Crippen molar-refractivity contribution in [2.75, 3.05) is 25.9 Å². The monoisotopic (exact) mass is 448 g/mol. The summed E-state index contributed by atoms with van der Waals surface area (Å²) in [6, 6.07) is 13.3. The molecule has 8 heteroatoms. The molecule has 2 aliphatic rings. The summed E-state index contributed by atoms with van der Waals surface area (Å²) in [5.74, 6) is 0.481. The highest BCUT2D eigenvalue weighted by Crippen LogP contribution is 2.30. The summed E-state index contributed by atoms with van der Waals surface area (Å²) in [5, 5.41) is 0.392. The van der Waals surface area contributed by atoms with Crippen LogP contribution >= 0.6 is 11.6 Å². The third kappa shape index (κ3) is 4.63. The van der Waals surface area contributed by atoms with E-state index in [0.29, 0.717) is 55.4 Å². The van der Waals surface area contributed by atoms with E-state index in [1.54, 1.807) is 18.2 Å². The number of benzene rings is 2. The topological polar surface area (TPSA) is 66.9 Å². The molecule has 2 heterocycles. The number of nitrogens with zero attached hydrogens (tertiary/aromatic N) is 2. The first-order chi connectivity index (χ1) is 14.3. The summed E-state index contributed by atoms with van der Waals surface area (Å²) in [6.07, 6.45) is 3.19. The first-order valence-corrected chi connectivity index (χ1v) is 12.3. The Morgan fingerprint density at radius 1 is 1.07 bits per heavy atom. The van der Waals surface area contributed by atoms with Gasteiger partial charge in [0.25, 0.3) is 5.91 Å². The molecule has 0 aliphatic carbocycles. The van der Waals surface area contributed by atoms with Crippen LogP contribution in [0.3, 0.4) is 0 Å². The Morgan fingerprint density at radius 3 is 2.43 bits per heavy atom. The molecule has 0 bridgehead atoms. The molecule has 2 aromatic carbocycles. The van der Waals surface area contributed by atoms with Gasteiger partial charge in [0, 0.05) is 31.7 Å². The fraction of sp³-hybridized carbons (Fsp3) is 0.409. The second kappa shape index (κ2) is 8.57. The standard InChI is InChI=1S/C22H25ClN2O4S/c1-30(27,28)25-12-9-19(10-13-25)29-21-7-6-17(14-20(21)23)22(26)24-11-8-16-4-2-3-5-18(16)15-24/h2-7,14,19H,8-13,15H2,1H3. The number of hydrogen-bond acceptors (Lipinski definition) is 4. The summed E-state index contributed by atoms with van der Waals surface area (Å²) >= 11 is 6.41. The van der Waals surface area contributed by atoms with Crippen molar-refractivity contribution < 1.29 is 17.9 Å². The van der Waals surface area contributed by atoms with E-state index in [0.717, 1.165) is 6.42 Å². The largest absolute Gasteiger partial charge is 0.489 e. The third-order valence-corrected chi connectivity index (χ3v) is 7.36. The molecule has 1 saturated heterocycles. The van der Waals surface area contributed by atoms with Crippen LogP contribution in [0.4, 0.5) is 0 Å². The molecule has 160 valence electrons. The van der Waals surface area contributed by atoms with E-state index in [9.17, 15) is 13.2 Å². The lowest BCUT2D eigenvalue weighted by Gasteiger charge is -2.31. The van der Waals surface area contributed by atoms with Gasteiger partial charge < -0.3 is 9.64 Å². The number of rotatable bonds is 4. The lowest BCUT2D eigenvalue weighted by atomic mass is 9.99. The highest BCUT2D eigenvalue weighted by molar-refractivity contribution is 7.88. The minimum atomic E-state index is -3.17. The van der Waals surface area contributed by atoms with E-state index in [4.69, 9.17) is 16.3 Å². The van der Waals surface area contributed by atoms with E-state index in [2.05, 4.69) is 12.1 Å². The van der Waals surface area contributed by atoms with Crippen LogP contribution in [0.2, 0.25) is 5.02 Å². The summed E-state index contributed by atoms with van der Waals surface area (Å²) in [7, 11) is -3.17. The van der Waals surface area contributed by atoms with Crippen LogP contribution < -0.4 is 4.74 Å². The predicted molar refractivity (Wildman–Crippen MR) is 116 cm³/mol. The van der Waals surface area contributed by atoms with Crippen molar-refractivity contribution in [3.05, 3.63) is 64.2 Å². The van der Waals surface area contributed by atoms with Gasteiger partial charge in [-0.3, -0.25) is 4.79 Å². The Bertz CT molecular complexity index is 1050. The van der Waals surface area contributed by atoms with Crippen LogP contribution in [-0.4, -0.2) is 55.5 Å². The molecule has 0 atom stereocenters. The van der Waals surface area contributed by atoms with Crippen molar-refractivity contribution in [2.24, 2.45) is 0 Å². The maximum absolute atomic E-state index is 13.0. The number of hydrogen-bond donors (Lipinski definition) is 0. The Hall–Kier alpha value is -2.09. The van der Waals surface area contributed by atoms with Gasteiger partial charge in [-0.2, -0.15) is 0 Å². The van der Waals surface area contributed by atoms with Gasteiger partial charge >= 0.3 is 0 Å². The summed E-state index contributed by atoms with van der Waals surface area (Å²) < 4.78 is 30.7. The van der Waals surface area contributed by atoms with Crippen molar-refractivity contribution in [3.8, 4) is 5.75 Å². The van der Waals surface area contributed by atoms with Gasteiger partial charge in [-0.05, 0) is 48.6 Å². The predicted octanol–water partition coefficient (Wildman–Crippen LogP) is 3.34. The van der Waals surface area contributed by atoms with Gasteiger partial charge in [0.15, 0.2) is 0 Å². The van der Waals surface area contributed by atoms with Gasteiger partial charge in [-0.25, -0.2) is 12.7 Å². The molecule has 2 aromatic rings. The van der Waals surface area contributed by atoms with E-state index in [1.807, 2.05) is 17.0 Å². The number of sulfonamides is 1. The van der Waals surface area contributed by atoms with Gasteiger partial charge in [0.05, 0.1) is 11.3 Å². The highest BCUT2D eigenvalue weighted by atomic mass is 35.5. The molecule has 0 radical (unpaired) electrons. The summed E-state index contributed by atoms with van der Waals surface area (Å²) in [6.45, 7) is 2.16. The smallest absolute Gasteiger partial charge is 0.254 e. The third-order valence-electron chi connectivity index (χ3n) is 5.76. The van der Waals surface area contributed by atoms with Crippen LogP contribution in [0.1, 0.15) is 34.3 Å². The zero-order chi connectivity index (χ0) is 21.3. The maximum atomic E-state index is 13.0. The lowest BCUT2D eigenvalue weighted by molar-refractivity contribution is 0.0734. The fourth-order valence-corrected chi connectivity index (χ4v) is 5.14. The van der Waals surface area contributed by atoms with E-state index < -0.39 is 10.0 Å². The number of carbonyl (C=O) groups is 1. The number of piperidine rings is 1. The van der Waals surface area contributed by atoms with Gasteiger partial charge in [0.2, 0.25) is 10.0 Å². The van der Waals surface area contributed by atoms with Crippen LogP contribution in [0.5, 0.6) is 5.75 Å². The average molecular weight is 449 g/mol. The Labute approximate surface area is 182 Å². The Balaban J connectivity index is 1.39. The van der Waals surface area contributed by atoms with Gasteiger partial charge in [-0.15, -0.1) is 0 Å². The fourth-order valence-electron chi connectivity index (χ4n) is 4.04. The normalized spacial score (nSPS) is 18.1. The van der Waals surface area contributed by atoms with E-state index >= 15 is 0 Å². The molecule has 0 saturated carbocycles. The SMILES string of the molecule is CS(=O)(=O)N1CCC(Oc2ccc(C(=O)N3CCc4ccccc4C3)cc2Cl)CC1. The molecule has 4 rings (SSSR count). The van der Waals surface area contributed by atoms with Crippen LogP contribution in [0.15, 0.2) is 42.5 Å². The van der Waals surface area contributed by atoms with Crippen LogP contribution in [-0.2, 0) is 23.0 Å². The highest BCUT2D eigenvalue weighted by Gasteiger charge is 2.27. The van der Waals surface area contributed by atoms with Crippen molar-refractivity contribution in [1.82, 2.24) is 9.21 Å². The quantitative estimate of drug-likeness (QED) is 0.719. The minimum absolute atomic E-state index is 0.0422. The first-order valence-electron chi connectivity index (χ1n) is 10.1. The molecule has 0 aromatic heterocycles. The molecule has 30 heavy (non-hydrogen) atoms. The average Bonchev–Trinajstić information content (AvgIpc) is 2.74. The molecule has 0 N–H and O–H groups in total. The van der Waals surface area contributed by atoms with Crippen molar-refractivity contribution in [3.63, 3.8) is 0 Å². The second-order valence-electron chi connectivity index (χ2n) is 7.87. The maximum Gasteiger partial charge on any atom is 0.254 e. The molecular weight excluding hydrogens is 424 g/mol. The van der Waals surface area contributed by atoms with Crippen molar-refractivity contribution in [1.29, 1.82) is 0 Å². The summed E-state index contributed by atoms with van der Waals surface area (Å²) in [5.41, 5.74) is 3.02. The molecule has 0 spiro atoms. The van der Waals surface area contributed by atoms with Crippen LogP contribution in [0, 0.1) is 0 Å². The van der Waals surface area contributed by atoms with E-state index in [-0.39, 0.29) is 12.0 Å². The number of carbonyl (C=O) groups excluding carboxylic acids is 1. The minimum Gasteiger partial charge on any atom is -0.489 e. The molecule has 6 nitrogen and oxygen atoms in total. The molecule has 1 amide bonds. The van der Waals surface area contributed by atoms with E-state index in [1.165, 1.54) is 21.7 Å². The van der Waals surface area contributed by atoms with Crippen molar-refractivity contribution in [2.45, 2.75) is 31.9 Å². The Morgan fingerprint density at radius 2 is 1.77 bits per heavy atom. The van der Waals surface area contributed by atoms with Gasteiger partial charge in [-0.1, -0.05) is 35.9 Å². The number of halogens is 1. The molecule has 1 fully saturated rings. The van der Waals surface area contributed by atoms with Crippen LogP contribution in [0.25, 0.3) is 0 Å². The Kier molecular flexibility index (Phi) is 6.04. The van der Waals surface area contributed by atoms with Gasteiger partial charge in [0.1, 0.15) is 11.9 Å². The number of ether oxygens (including phenoxy) is 1. The second-order valence-corrected chi connectivity index (χ2v) is 10.3. The first kappa shape index (κ1) is 21.2. The number of amides is 1. The zero-order valence-corrected chi connectivity index (χ0v) is 18.5. The van der Waals surface area contributed by atoms with Crippen molar-refractivity contribution >= 4 is 27.5 Å². The lowest BCUT2D eigenvalue weighted by Crippen LogP contribution is -2.41. The summed E-state index contributed by atoms with van der Waals surface area (Å²) in [4.78, 5) is 14.8. The molecule has 0 unspecified atom stereocenters. The number of fused-ring (bicyclic) bond motifs is 1. The molecule has 2 aliphatic heterocycles. The zero-order valence-electron chi connectivity index (χ0n) is 16.9.